The highest BCUT2D eigenvalue weighted by Gasteiger charge is 2.32. The van der Waals surface area contributed by atoms with Crippen molar-refractivity contribution in [1.82, 2.24) is 9.97 Å². The number of hydrogen-bond acceptors (Lipinski definition) is 9. The van der Waals surface area contributed by atoms with Crippen LogP contribution in [-0.2, 0) is 9.47 Å². The number of halogens is 2. The highest BCUT2D eigenvalue weighted by Crippen LogP contribution is 2.31. The van der Waals surface area contributed by atoms with E-state index in [0.717, 1.165) is 23.4 Å². The van der Waals surface area contributed by atoms with E-state index < -0.39 is 4.92 Å². The van der Waals surface area contributed by atoms with E-state index in [4.69, 9.17) is 15.2 Å². The average molecular weight is 602 g/mol. The van der Waals surface area contributed by atoms with Gasteiger partial charge < -0.3 is 25.0 Å². The molecule has 0 bridgehead atoms. The van der Waals surface area contributed by atoms with Crippen molar-refractivity contribution in [2.75, 3.05) is 54.9 Å². The Morgan fingerprint density at radius 3 is 1.88 bits per heavy atom. The number of nitrogens with two attached hydrogens (primary N) is 1. The van der Waals surface area contributed by atoms with Crippen molar-refractivity contribution in [2.45, 2.75) is 38.9 Å². The Morgan fingerprint density at radius 2 is 1.41 bits per heavy atom. The first-order valence-electron chi connectivity index (χ1n) is 10.9. The van der Waals surface area contributed by atoms with Crippen molar-refractivity contribution in [3.05, 3.63) is 43.6 Å². The smallest absolute Gasteiger partial charge is 0.312 e. The summed E-state index contributed by atoms with van der Waals surface area (Å²) >= 11 is 6.56. The molecule has 0 atom stereocenters. The number of rotatable bonds is 3. The van der Waals surface area contributed by atoms with Gasteiger partial charge >= 0.3 is 5.69 Å². The van der Waals surface area contributed by atoms with Gasteiger partial charge in [0, 0.05) is 53.6 Å². The van der Waals surface area contributed by atoms with Crippen LogP contribution in [0.4, 0.5) is 23.0 Å². The van der Waals surface area contributed by atoms with Crippen molar-refractivity contribution < 1.29 is 14.4 Å². The van der Waals surface area contributed by atoms with Crippen LogP contribution in [0.3, 0.4) is 0 Å². The van der Waals surface area contributed by atoms with Gasteiger partial charge in [-0.25, -0.2) is 9.97 Å². The number of nitrogens with zero attached hydrogens (tertiary/aromatic N) is 5. The molecule has 2 aliphatic heterocycles. The molecule has 10 nitrogen and oxygen atoms in total. The molecule has 0 spiro atoms. The number of anilines is 3. The minimum Gasteiger partial charge on any atom is -0.396 e. The zero-order valence-corrected chi connectivity index (χ0v) is 22.9. The average Bonchev–Trinajstić information content (AvgIpc) is 2.72. The Balaban J connectivity index is 0.000000192. The maximum absolute atomic E-state index is 11.1. The van der Waals surface area contributed by atoms with Gasteiger partial charge in [0.1, 0.15) is 0 Å². The highest BCUT2D eigenvalue weighted by atomic mass is 79.9. The summed E-state index contributed by atoms with van der Waals surface area (Å²) in [5.74, 6) is 1.25. The van der Waals surface area contributed by atoms with Crippen molar-refractivity contribution in [3.8, 4) is 0 Å². The Morgan fingerprint density at radius 1 is 0.941 bits per heavy atom. The predicted octanol–water partition coefficient (Wildman–Crippen LogP) is 4.41. The van der Waals surface area contributed by atoms with Crippen LogP contribution >= 0.6 is 31.9 Å². The molecular weight excluding hydrogens is 572 g/mol. The first-order valence-corrected chi connectivity index (χ1v) is 12.4. The number of aromatic nitrogens is 2. The third kappa shape index (κ3) is 7.00. The van der Waals surface area contributed by atoms with Crippen LogP contribution in [-0.4, -0.2) is 65.5 Å². The van der Waals surface area contributed by atoms with Crippen LogP contribution in [0.15, 0.2) is 33.5 Å². The summed E-state index contributed by atoms with van der Waals surface area (Å²) in [6.45, 7) is 12.2. The van der Waals surface area contributed by atoms with Crippen LogP contribution in [0.25, 0.3) is 0 Å². The monoisotopic (exact) mass is 600 g/mol. The van der Waals surface area contributed by atoms with Crippen molar-refractivity contribution >= 4 is 54.9 Å². The van der Waals surface area contributed by atoms with Gasteiger partial charge in [-0.3, -0.25) is 10.1 Å². The summed E-state index contributed by atoms with van der Waals surface area (Å²) in [5, 5.41) is 11.1. The van der Waals surface area contributed by atoms with Gasteiger partial charge in [-0.2, -0.15) is 0 Å². The molecule has 2 N–H and O–H groups in total. The van der Waals surface area contributed by atoms with Gasteiger partial charge in [0.2, 0.25) is 5.82 Å². The third-order valence-corrected chi connectivity index (χ3v) is 6.19. The van der Waals surface area contributed by atoms with E-state index in [1.165, 1.54) is 6.07 Å². The van der Waals surface area contributed by atoms with Gasteiger partial charge in [-0.1, -0.05) is 0 Å². The second-order valence-electron chi connectivity index (χ2n) is 9.38. The molecule has 2 fully saturated rings. The molecule has 0 aromatic carbocycles. The van der Waals surface area contributed by atoms with Crippen LogP contribution < -0.4 is 15.5 Å². The Hall–Kier alpha value is -2.02. The maximum atomic E-state index is 11.1. The van der Waals surface area contributed by atoms with E-state index in [-0.39, 0.29) is 16.9 Å². The lowest BCUT2D eigenvalue weighted by atomic mass is 10.1. The van der Waals surface area contributed by atoms with Gasteiger partial charge in [0.15, 0.2) is 5.82 Å². The van der Waals surface area contributed by atoms with Gasteiger partial charge in [0.05, 0.1) is 35.0 Å². The molecule has 2 saturated heterocycles. The van der Waals surface area contributed by atoms with Crippen LogP contribution in [0, 0.1) is 10.1 Å². The normalized spacial score (nSPS) is 19.2. The second-order valence-corrected chi connectivity index (χ2v) is 11.2. The van der Waals surface area contributed by atoms with Gasteiger partial charge in [-0.15, -0.1) is 0 Å². The SMILES string of the molecule is CC1(C)CN(c2ncc(Br)cc2N)CCO1.CC1(C)CN(c2ncc(Br)cc2[N+](=O)[O-])CCO1. The topological polar surface area (TPSA) is 120 Å². The predicted molar refractivity (Wildman–Crippen MR) is 139 cm³/mol. The number of nitro groups is 1. The van der Waals surface area contributed by atoms with Crippen LogP contribution in [0.1, 0.15) is 27.7 Å². The quantitative estimate of drug-likeness (QED) is 0.403. The van der Waals surface area contributed by atoms with E-state index in [9.17, 15) is 10.1 Å². The summed E-state index contributed by atoms with van der Waals surface area (Å²) in [5.41, 5.74) is 6.22. The summed E-state index contributed by atoms with van der Waals surface area (Å²) in [6.07, 6.45) is 3.35. The molecule has 0 radical (unpaired) electrons. The van der Waals surface area contributed by atoms with E-state index >= 15 is 0 Å². The van der Waals surface area contributed by atoms with Gasteiger partial charge in [0.25, 0.3) is 0 Å². The Labute approximate surface area is 216 Å². The first-order chi connectivity index (χ1) is 15.9. The van der Waals surface area contributed by atoms with Crippen LogP contribution in [0.2, 0.25) is 0 Å². The molecule has 186 valence electrons. The van der Waals surface area contributed by atoms with Crippen molar-refractivity contribution in [3.63, 3.8) is 0 Å². The molecule has 0 unspecified atom stereocenters. The largest absolute Gasteiger partial charge is 0.396 e. The summed E-state index contributed by atoms with van der Waals surface area (Å²) in [6, 6.07) is 3.36. The van der Waals surface area contributed by atoms with Crippen molar-refractivity contribution in [2.24, 2.45) is 0 Å². The number of pyridine rings is 2. The lowest BCUT2D eigenvalue weighted by molar-refractivity contribution is -0.384. The summed E-state index contributed by atoms with van der Waals surface area (Å²) < 4.78 is 12.8. The Kier molecular flexibility index (Phi) is 8.38. The summed E-state index contributed by atoms with van der Waals surface area (Å²) in [4.78, 5) is 23.3. The molecule has 4 rings (SSSR count). The minimum absolute atomic E-state index is 0.0158. The first kappa shape index (κ1) is 26.6. The lowest BCUT2D eigenvalue weighted by Crippen LogP contribution is -2.48. The molecule has 2 aromatic rings. The number of morpholine rings is 2. The number of nitrogen functional groups attached to an aromatic ring is 1. The van der Waals surface area contributed by atoms with Crippen LogP contribution in [0.5, 0.6) is 0 Å². The molecule has 34 heavy (non-hydrogen) atoms. The maximum Gasteiger partial charge on any atom is 0.312 e. The fourth-order valence-corrected chi connectivity index (χ4v) is 4.57. The molecule has 12 heteroatoms. The van der Waals surface area contributed by atoms with Gasteiger partial charge in [-0.05, 0) is 65.6 Å². The summed E-state index contributed by atoms with van der Waals surface area (Å²) in [7, 11) is 0. The molecule has 2 aliphatic rings. The number of ether oxygens (including phenoxy) is 2. The highest BCUT2D eigenvalue weighted by molar-refractivity contribution is 9.10. The molecular formula is C22H30Br2N6O4. The fourth-order valence-electron chi connectivity index (χ4n) is 3.91. The standard InChI is InChI=1S/C11H14BrN3O3.C11H16BrN3O/c1-11(2)7-14(3-4-18-11)10-9(15(16)17)5-8(12)6-13-10;1-11(2)7-15(3-4-16-11)10-9(13)5-8(12)6-14-10/h5-6H,3-4,7H2,1-2H3;5-6H,3-4,7,13H2,1-2H3. The second kappa shape index (κ2) is 10.7. The molecule has 0 saturated carbocycles. The van der Waals surface area contributed by atoms with E-state index in [2.05, 4.69) is 60.6 Å². The fraction of sp³-hybridized carbons (Fsp3) is 0.545. The Bertz CT molecular complexity index is 1040. The van der Waals surface area contributed by atoms with E-state index in [0.29, 0.717) is 42.3 Å². The zero-order chi connectivity index (χ0) is 25.1. The zero-order valence-electron chi connectivity index (χ0n) is 19.8. The minimum atomic E-state index is -0.407. The third-order valence-electron chi connectivity index (χ3n) is 5.32. The molecule has 2 aromatic heterocycles. The lowest BCUT2D eigenvalue weighted by Gasteiger charge is -2.39. The number of hydrogen-bond donors (Lipinski definition) is 1. The molecule has 0 amide bonds. The molecule has 0 aliphatic carbocycles. The molecule has 4 heterocycles. The van der Waals surface area contributed by atoms with E-state index in [1.54, 1.807) is 12.4 Å². The van der Waals surface area contributed by atoms with E-state index in [1.807, 2.05) is 24.8 Å². The van der Waals surface area contributed by atoms with Crippen molar-refractivity contribution in [1.29, 1.82) is 0 Å².